The van der Waals surface area contributed by atoms with Gasteiger partial charge in [-0.2, -0.15) is 0 Å². The third-order valence-corrected chi connectivity index (χ3v) is 1.05. The van der Waals surface area contributed by atoms with Crippen LogP contribution in [0.15, 0.2) is 0 Å². The quantitative estimate of drug-likeness (QED) is 0.663. The Bertz CT molecular complexity index is 157. The van der Waals surface area contributed by atoms with Crippen LogP contribution in [0.3, 0.4) is 0 Å². The summed E-state index contributed by atoms with van der Waals surface area (Å²) in [6, 6.07) is 0. The molecule has 1 amide bonds. The molecule has 64 valence electrons. The number of nitrogens with two attached hydrogens (primary N) is 1. The molecule has 0 aliphatic rings. The summed E-state index contributed by atoms with van der Waals surface area (Å²) < 4.78 is 4.67. The van der Waals surface area contributed by atoms with E-state index in [4.69, 9.17) is 5.73 Å². The molecule has 0 aromatic heterocycles. The highest BCUT2D eigenvalue weighted by Gasteiger charge is 2.23. The normalized spacial score (nSPS) is 10.8. The van der Waals surface area contributed by atoms with Crippen LogP contribution in [0.4, 0.5) is 4.79 Å². The zero-order valence-electron chi connectivity index (χ0n) is 7.01. The Morgan fingerprint density at radius 3 is 2.18 bits per heavy atom. The summed E-state index contributed by atoms with van der Waals surface area (Å²) >= 11 is 0. The van der Waals surface area contributed by atoms with E-state index in [-0.39, 0.29) is 12.2 Å². The zero-order valence-corrected chi connectivity index (χ0v) is 7.01. The number of Topliss-reactive ketones (excluding diaryl/α,β-unsaturated/α-hetero) is 1. The van der Waals surface area contributed by atoms with Crippen molar-refractivity contribution in [2.24, 2.45) is 5.73 Å². The first-order chi connectivity index (χ1) is 4.83. The van der Waals surface area contributed by atoms with Gasteiger partial charge in [0.1, 0.15) is 11.4 Å². The molecule has 2 N–H and O–H groups in total. The van der Waals surface area contributed by atoms with E-state index in [9.17, 15) is 9.59 Å². The fourth-order valence-corrected chi connectivity index (χ4v) is 0.908. The van der Waals surface area contributed by atoms with Crippen LogP contribution < -0.4 is 5.73 Å². The number of hydrogen-bond donors (Lipinski definition) is 1. The summed E-state index contributed by atoms with van der Waals surface area (Å²) in [6.07, 6.45) is -0.660. The van der Waals surface area contributed by atoms with E-state index < -0.39 is 11.7 Å². The van der Waals surface area contributed by atoms with Crippen LogP contribution in [0.2, 0.25) is 0 Å². The Morgan fingerprint density at radius 2 is 1.91 bits per heavy atom. The molecule has 0 rings (SSSR count). The van der Waals surface area contributed by atoms with Crippen molar-refractivity contribution >= 4 is 11.9 Å². The van der Waals surface area contributed by atoms with Crippen LogP contribution in [-0.2, 0) is 9.53 Å². The molecule has 0 aliphatic heterocycles. The van der Waals surface area contributed by atoms with E-state index >= 15 is 0 Å². The molecular formula is C7H13NO3. The second kappa shape index (κ2) is 3.37. The van der Waals surface area contributed by atoms with Gasteiger partial charge < -0.3 is 10.5 Å². The van der Waals surface area contributed by atoms with E-state index in [1.807, 2.05) is 0 Å². The molecule has 0 fully saturated rings. The Labute approximate surface area is 65.7 Å². The van der Waals surface area contributed by atoms with Gasteiger partial charge in [0.15, 0.2) is 0 Å². The molecule has 0 aliphatic carbocycles. The van der Waals surface area contributed by atoms with Gasteiger partial charge in [-0.05, 0) is 20.8 Å². The van der Waals surface area contributed by atoms with E-state index in [2.05, 4.69) is 4.74 Å². The number of carbonyl (C=O) groups is 2. The van der Waals surface area contributed by atoms with Crippen molar-refractivity contribution in [2.45, 2.75) is 32.8 Å². The van der Waals surface area contributed by atoms with E-state index in [1.54, 1.807) is 13.8 Å². The summed E-state index contributed by atoms with van der Waals surface area (Å²) in [7, 11) is 0. The van der Waals surface area contributed by atoms with Crippen LogP contribution in [-0.4, -0.2) is 17.5 Å². The smallest absolute Gasteiger partial charge is 0.405 e. The molecule has 0 unspecified atom stereocenters. The van der Waals surface area contributed by atoms with Crippen molar-refractivity contribution in [3.05, 3.63) is 0 Å². The maximum absolute atomic E-state index is 10.6. The second-order valence-electron chi connectivity index (χ2n) is 3.06. The Balaban J connectivity index is 3.99. The molecule has 11 heavy (non-hydrogen) atoms. The highest BCUT2D eigenvalue weighted by molar-refractivity contribution is 5.77. The zero-order chi connectivity index (χ0) is 9.07. The van der Waals surface area contributed by atoms with E-state index in [0.29, 0.717) is 0 Å². The van der Waals surface area contributed by atoms with Gasteiger partial charge in [-0.1, -0.05) is 0 Å². The van der Waals surface area contributed by atoms with Gasteiger partial charge in [0.25, 0.3) is 0 Å². The number of rotatable bonds is 3. The average Bonchev–Trinajstić information content (AvgIpc) is 1.53. The van der Waals surface area contributed by atoms with Gasteiger partial charge in [-0.25, -0.2) is 4.79 Å². The monoisotopic (exact) mass is 159 g/mol. The maximum atomic E-state index is 10.6. The first kappa shape index (κ1) is 9.94. The molecule has 4 nitrogen and oxygen atoms in total. The minimum Gasteiger partial charge on any atom is -0.443 e. The van der Waals surface area contributed by atoms with Crippen molar-refractivity contribution in [1.29, 1.82) is 0 Å². The van der Waals surface area contributed by atoms with Gasteiger partial charge >= 0.3 is 6.09 Å². The van der Waals surface area contributed by atoms with Crippen molar-refractivity contribution in [3.63, 3.8) is 0 Å². The number of carbonyl (C=O) groups excluding carboxylic acids is 2. The second-order valence-corrected chi connectivity index (χ2v) is 3.06. The Hall–Kier alpha value is -1.06. The minimum atomic E-state index is -0.851. The lowest BCUT2D eigenvalue weighted by molar-refractivity contribution is -0.120. The third-order valence-electron chi connectivity index (χ3n) is 1.05. The minimum absolute atomic E-state index is 0.0312. The maximum Gasteiger partial charge on any atom is 0.405 e. The van der Waals surface area contributed by atoms with Gasteiger partial charge in [0.05, 0.1) is 0 Å². The van der Waals surface area contributed by atoms with Crippen LogP contribution >= 0.6 is 0 Å². The van der Waals surface area contributed by atoms with Crippen LogP contribution in [0.1, 0.15) is 27.2 Å². The van der Waals surface area contributed by atoms with Crippen molar-refractivity contribution < 1.29 is 14.3 Å². The lowest BCUT2D eigenvalue weighted by Crippen LogP contribution is -2.32. The molecule has 0 saturated carbocycles. The van der Waals surface area contributed by atoms with Gasteiger partial charge in [0, 0.05) is 6.42 Å². The molecule has 0 bridgehead atoms. The van der Waals surface area contributed by atoms with Crippen molar-refractivity contribution in [3.8, 4) is 0 Å². The van der Waals surface area contributed by atoms with Crippen LogP contribution in [0.25, 0.3) is 0 Å². The van der Waals surface area contributed by atoms with E-state index in [1.165, 1.54) is 6.92 Å². The number of ether oxygens (including phenoxy) is 1. The highest BCUT2D eigenvalue weighted by Crippen LogP contribution is 2.13. The van der Waals surface area contributed by atoms with Crippen LogP contribution in [0.5, 0.6) is 0 Å². The summed E-state index contributed by atoms with van der Waals surface area (Å²) in [4.78, 5) is 20.9. The predicted octanol–water partition coefficient (Wildman–Crippen LogP) is 0.839. The van der Waals surface area contributed by atoms with E-state index in [0.717, 1.165) is 0 Å². The SMILES string of the molecule is CC(=O)CC(C)(C)OC(N)=O. The Morgan fingerprint density at radius 1 is 1.45 bits per heavy atom. The lowest BCUT2D eigenvalue weighted by Gasteiger charge is -2.21. The van der Waals surface area contributed by atoms with Crippen LogP contribution in [0, 0.1) is 0 Å². The molecular weight excluding hydrogens is 146 g/mol. The molecule has 0 aromatic carbocycles. The molecule has 0 radical (unpaired) electrons. The first-order valence-corrected chi connectivity index (χ1v) is 3.31. The van der Waals surface area contributed by atoms with Crippen molar-refractivity contribution in [1.82, 2.24) is 0 Å². The third kappa shape index (κ3) is 5.39. The molecule has 0 heterocycles. The Kier molecular flexibility index (Phi) is 3.04. The van der Waals surface area contributed by atoms with Gasteiger partial charge in [-0.15, -0.1) is 0 Å². The van der Waals surface area contributed by atoms with Gasteiger partial charge in [0.2, 0.25) is 0 Å². The largest absolute Gasteiger partial charge is 0.443 e. The summed E-state index contributed by atoms with van der Waals surface area (Å²) in [6.45, 7) is 4.71. The summed E-state index contributed by atoms with van der Waals surface area (Å²) in [5.74, 6) is -0.0312. The fourth-order valence-electron chi connectivity index (χ4n) is 0.908. The molecule has 0 aromatic rings. The topological polar surface area (TPSA) is 69.4 Å². The number of amides is 1. The van der Waals surface area contributed by atoms with Crippen molar-refractivity contribution in [2.75, 3.05) is 0 Å². The standard InChI is InChI=1S/C7H13NO3/c1-5(9)4-7(2,3)11-6(8)10/h4H2,1-3H3,(H2,8,10). The number of ketones is 1. The average molecular weight is 159 g/mol. The fraction of sp³-hybridized carbons (Fsp3) is 0.714. The number of hydrogen-bond acceptors (Lipinski definition) is 3. The number of primary amides is 1. The summed E-state index contributed by atoms with van der Waals surface area (Å²) in [5, 5.41) is 0. The molecule has 0 atom stereocenters. The first-order valence-electron chi connectivity index (χ1n) is 3.31. The molecule has 0 saturated heterocycles. The molecule has 4 heteroatoms. The molecule has 0 spiro atoms. The highest BCUT2D eigenvalue weighted by atomic mass is 16.6. The van der Waals surface area contributed by atoms with Gasteiger partial charge in [-0.3, -0.25) is 4.79 Å². The lowest BCUT2D eigenvalue weighted by atomic mass is 10.0. The predicted molar refractivity (Wildman–Crippen MR) is 40.0 cm³/mol. The summed E-state index contributed by atoms with van der Waals surface area (Å²) in [5.41, 5.74) is 4.00.